The van der Waals surface area contributed by atoms with Crippen molar-refractivity contribution in [2.45, 2.75) is 24.7 Å². The molecule has 0 saturated carbocycles. The zero-order valence-corrected chi connectivity index (χ0v) is 12.9. The van der Waals surface area contributed by atoms with Gasteiger partial charge in [-0.1, -0.05) is 6.92 Å². The Labute approximate surface area is 122 Å². The van der Waals surface area contributed by atoms with E-state index in [0.29, 0.717) is 24.7 Å². The highest BCUT2D eigenvalue weighted by Gasteiger charge is 2.28. The van der Waals surface area contributed by atoms with E-state index < -0.39 is 10.0 Å². The molecule has 1 aliphatic rings. The van der Waals surface area contributed by atoms with Gasteiger partial charge >= 0.3 is 5.69 Å². The molecular formula is C13H18N4O3S. The van der Waals surface area contributed by atoms with E-state index in [1.54, 1.807) is 6.07 Å². The molecule has 1 saturated heterocycles. The van der Waals surface area contributed by atoms with Crippen LogP contribution in [0.25, 0.3) is 5.65 Å². The fraction of sp³-hybridized carbons (Fsp3) is 0.538. The van der Waals surface area contributed by atoms with Crippen LogP contribution < -0.4 is 5.69 Å². The summed E-state index contributed by atoms with van der Waals surface area (Å²) in [6.45, 7) is 3.19. The number of rotatable bonds is 2. The molecule has 0 atom stereocenters. The Kier molecular flexibility index (Phi) is 3.37. The first-order valence-electron chi connectivity index (χ1n) is 6.95. The Morgan fingerprint density at radius 1 is 1.24 bits per heavy atom. The third-order valence-corrected chi connectivity index (χ3v) is 5.90. The number of nitrogens with zero attached hydrogens (tertiary/aromatic N) is 4. The molecule has 0 aliphatic carbocycles. The van der Waals surface area contributed by atoms with Crippen LogP contribution in [-0.4, -0.2) is 40.0 Å². The maximum Gasteiger partial charge on any atom is 0.350 e. The summed E-state index contributed by atoms with van der Waals surface area (Å²) in [6, 6.07) is 3.07. The van der Waals surface area contributed by atoms with Crippen LogP contribution in [0.5, 0.6) is 0 Å². The van der Waals surface area contributed by atoms with E-state index in [0.717, 1.165) is 12.8 Å². The zero-order chi connectivity index (χ0) is 15.2. The smallest absolute Gasteiger partial charge is 0.249 e. The molecule has 3 rings (SSSR count). The van der Waals surface area contributed by atoms with Crippen LogP contribution >= 0.6 is 0 Å². The summed E-state index contributed by atoms with van der Waals surface area (Å²) >= 11 is 0. The van der Waals surface area contributed by atoms with E-state index in [2.05, 4.69) is 12.0 Å². The molecule has 0 N–H and O–H groups in total. The lowest BCUT2D eigenvalue weighted by Crippen LogP contribution is -2.38. The first kappa shape index (κ1) is 14.3. The molecule has 7 nitrogen and oxygen atoms in total. The summed E-state index contributed by atoms with van der Waals surface area (Å²) < 4.78 is 29.2. The van der Waals surface area contributed by atoms with Crippen molar-refractivity contribution in [3.05, 3.63) is 28.8 Å². The van der Waals surface area contributed by atoms with Gasteiger partial charge in [-0.15, -0.1) is 0 Å². The van der Waals surface area contributed by atoms with E-state index in [9.17, 15) is 13.2 Å². The molecule has 0 aromatic carbocycles. The molecule has 1 fully saturated rings. The fourth-order valence-electron chi connectivity index (χ4n) is 2.59. The number of fused-ring (bicyclic) bond motifs is 1. The molecule has 2 aromatic heterocycles. The average Bonchev–Trinajstić information content (AvgIpc) is 2.74. The highest BCUT2D eigenvalue weighted by molar-refractivity contribution is 7.89. The van der Waals surface area contributed by atoms with Gasteiger partial charge in [-0.05, 0) is 30.9 Å². The molecule has 0 bridgehead atoms. The van der Waals surface area contributed by atoms with Gasteiger partial charge in [0.1, 0.15) is 0 Å². The van der Waals surface area contributed by atoms with Crippen molar-refractivity contribution >= 4 is 15.7 Å². The monoisotopic (exact) mass is 310 g/mol. The van der Waals surface area contributed by atoms with Crippen molar-refractivity contribution in [1.82, 2.24) is 18.5 Å². The minimum absolute atomic E-state index is 0.139. The van der Waals surface area contributed by atoms with Gasteiger partial charge in [-0.2, -0.15) is 9.40 Å². The lowest BCUT2D eigenvalue weighted by atomic mass is 10.0. The Morgan fingerprint density at radius 2 is 1.90 bits per heavy atom. The van der Waals surface area contributed by atoms with Crippen LogP contribution in [0.2, 0.25) is 0 Å². The van der Waals surface area contributed by atoms with E-state index >= 15 is 0 Å². The number of hydrogen-bond acceptors (Lipinski definition) is 4. The molecular weight excluding hydrogens is 292 g/mol. The van der Waals surface area contributed by atoms with Gasteiger partial charge in [0, 0.05) is 26.3 Å². The van der Waals surface area contributed by atoms with Crippen LogP contribution in [0.15, 0.2) is 28.0 Å². The van der Waals surface area contributed by atoms with Crippen LogP contribution in [0.1, 0.15) is 19.8 Å². The van der Waals surface area contributed by atoms with Gasteiger partial charge in [0.2, 0.25) is 10.0 Å². The maximum absolute atomic E-state index is 12.6. The highest BCUT2D eigenvalue weighted by Crippen LogP contribution is 2.23. The van der Waals surface area contributed by atoms with Crippen molar-refractivity contribution in [2.24, 2.45) is 13.0 Å². The predicted octanol–water partition coefficient (Wildman–Crippen LogP) is 0.454. The van der Waals surface area contributed by atoms with Gasteiger partial charge in [0.15, 0.2) is 5.65 Å². The maximum atomic E-state index is 12.6. The summed E-state index contributed by atoms with van der Waals surface area (Å²) in [5, 5.41) is 4.02. The Hall–Kier alpha value is -1.67. The van der Waals surface area contributed by atoms with E-state index in [4.69, 9.17) is 0 Å². The van der Waals surface area contributed by atoms with Gasteiger partial charge < -0.3 is 0 Å². The molecule has 0 amide bonds. The minimum atomic E-state index is -3.55. The quantitative estimate of drug-likeness (QED) is 0.807. The van der Waals surface area contributed by atoms with Gasteiger partial charge in [0.25, 0.3) is 0 Å². The van der Waals surface area contributed by atoms with Crippen LogP contribution in [0.4, 0.5) is 0 Å². The summed E-state index contributed by atoms with van der Waals surface area (Å²) in [6.07, 6.45) is 3.10. The molecule has 0 unspecified atom stereocenters. The van der Waals surface area contributed by atoms with Crippen LogP contribution in [0, 0.1) is 5.92 Å². The SMILES string of the molecule is CC1CCN(S(=O)(=O)c2ccc3nn(C)c(=O)n3c2)CC1. The van der Waals surface area contributed by atoms with Crippen molar-refractivity contribution in [1.29, 1.82) is 0 Å². The van der Waals surface area contributed by atoms with Gasteiger partial charge in [-0.25, -0.2) is 22.3 Å². The lowest BCUT2D eigenvalue weighted by Gasteiger charge is -2.29. The Balaban J connectivity index is 2.02. The van der Waals surface area contributed by atoms with Crippen molar-refractivity contribution in [2.75, 3.05) is 13.1 Å². The summed E-state index contributed by atoms with van der Waals surface area (Å²) in [4.78, 5) is 12.0. The molecule has 3 heterocycles. The molecule has 114 valence electrons. The average molecular weight is 310 g/mol. The standard InChI is InChI=1S/C13H18N4O3S/c1-10-5-7-16(8-6-10)21(19,20)11-3-4-12-14-15(2)13(18)17(12)9-11/h3-4,9-10H,5-8H2,1-2H3. The number of piperidine rings is 1. The van der Waals surface area contributed by atoms with Crippen molar-refractivity contribution < 1.29 is 8.42 Å². The third kappa shape index (κ3) is 2.38. The topological polar surface area (TPSA) is 76.7 Å². The Morgan fingerprint density at radius 3 is 2.57 bits per heavy atom. The van der Waals surface area contributed by atoms with E-state index in [1.807, 2.05) is 0 Å². The summed E-state index contributed by atoms with van der Waals surface area (Å²) in [5.74, 6) is 0.555. The zero-order valence-electron chi connectivity index (χ0n) is 12.1. The Bertz CT molecular complexity index is 829. The normalized spacial score (nSPS) is 18.4. The molecule has 1 aliphatic heterocycles. The molecule has 8 heteroatoms. The molecule has 0 radical (unpaired) electrons. The first-order valence-corrected chi connectivity index (χ1v) is 8.39. The fourth-order valence-corrected chi connectivity index (χ4v) is 4.06. The van der Waals surface area contributed by atoms with Crippen LogP contribution in [-0.2, 0) is 17.1 Å². The van der Waals surface area contributed by atoms with Crippen molar-refractivity contribution in [3.8, 4) is 0 Å². The second-order valence-corrected chi connectivity index (χ2v) is 7.52. The molecule has 21 heavy (non-hydrogen) atoms. The third-order valence-electron chi connectivity index (χ3n) is 4.02. The summed E-state index contributed by atoms with van der Waals surface area (Å²) in [7, 11) is -2.01. The van der Waals surface area contributed by atoms with E-state index in [1.165, 1.54) is 32.7 Å². The summed E-state index contributed by atoms with van der Waals surface area (Å²) in [5.41, 5.74) is 0.0861. The highest BCUT2D eigenvalue weighted by atomic mass is 32.2. The number of aryl methyl sites for hydroxylation is 1. The van der Waals surface area contributed by atoms with E-state index in [-0.39, 0.29) is 10.6 Å². The minimum Gasteiger partial charge on any atom is -0.249 e. The first-order chi connectivity index (χ1) is 9.89. The van der Waals surface area contributed by atoms with Crippen LogP contribution in [0.3, 0.4) is 0 Å². The number of pyridine rings is 1. The number of hydrogen-bond donors (Lipinski definition) is 0. The van der Waals surface area contributed by atoms with Gasteiger partial charge in [0.05, 0.1) is 4.90 Å². The second kappa shape index (κ2) is 4.96. The number of sulfonamides is 1. The van der Waals surface area contributed by atoms with Gasteiger partial charge in [-0.3, -0.25) is 0 Å². The molecule has 0 spiro atoms. The van der Waals surface area contributed by atoms with Crippen molar-refractivity contribution in [3.63, 3.8) is 0 Å². The predicted molar refractivity (Wildman–Crippen MR) is 77.6 cm³/mol. The lowest BCUT2D eigenvalue weighted by molar-refractivity contribution is 0.288. The largest absolute Gasteiger partial charge is 0.350 e. The molecule has 2 aromatic rings. The second-order valence-electron chi connectivity index (χ2n) is 5.59. The number of aromatic nitrogens is 3.